The average molecular weight is 185 g/mol. The van der Waals surface area contributed by atoms with Crippen LogP contribution in [0.1, 0.15) is 5.56 Å². The molecule has 1 rings (SSSR count). The number of carbonyl (C=O) groups is 1. The summed E-state index contributed by atoms with van der Waals surface area (Å²) in [5.41, 5.74) is -0.0659. The molecule has 3 nitrogen and oxygen atoms in total. The van der Waals surface area contributed by atoms with E-state index in [4.69, 9.17) is 5.11 Å². The standard InChI is InChI=1S/C8H5F2NO2/c9-6-3-1-5(8(10)11-6)2-4-7(12)13/h1-4H,(H,12,13). The highest BCUT2D eigenvalue weighted by Gasteiger charge is 2.01. The third-order valence-electron chi connectivity index (χ3n) is 1.25. The van der Waals surface area contributed by atoms with Crippen molar-refractivity contribution in [1.29, 1.82) is 0 Å². The Balaban J connectivity index is 2.96. The van der Waals surface area contributed by atoms with Crippen LogP contribution in [0.3, 0.4) is 0 Å². The van der Waals surface area contributed by atoms with Crippen molar-refractivity contribution in [2.24, 2.45) is 0 Å². The van der Waals surface area contributed by atoms with Crippen LogP contribution in [0.5, 0.6) is 0 Å². The fourth-order valence-corrected chi connectivity index (χ4v) is 0.708. The number of nitrogens with zero attached hydrogens (tertiary/aromatic N) is 1. The van der Waals surface area contributed by atoms with Crippen LogP contribution in [0, 0.1) is 11.9 Å². The number of aromatic nitrogens is 1. The number of carboxylic acid groups (broad SMARTS) is 1. The van der Waals surface area contributed by atoms with E-state index in [1.54, 1.807) is 0 Å². The van der Waals surface area contributed by atoms with E-state index in [-0.39, 0.29) is 5.56 Å². The van der Waals surface area contributed by atoms with E-state index in [1.807, 2.05) is 0 Å². The van der Waals surface area contributed by atoms with Gasteiger partial charge in [-0.15, -0.1) is 0 Å². The van der Waals surface area contributed by atoms with E-state index in [0.717, 1.165) is 24.3 Å². The van der Waals surface area contributed by atoms with Gasteiger partial charge >= 0.3 is 5.97 Å². The topological polar surface area (TPSA) is 50.2 Å². The summed E-state index contributed by atoms with van der Waals surface area (Å²) in [6.07, 6.45) is 1.75. The summed E-state index contributed by atoms with van der Waals surface area (Å²) < 4.78 is 25.0. The molecule has 0 unspecified atom stereocenters. The molecule has 1 N–H and O–H groups in total. The third kappa shape index (κ3) is 2.62. The van der Waals surface area contributed by atoms with Crippen molar-refractivity contribution < 1.29 is 18.7 Å². The first kappa shape index (κ1) is 9.31. The Labute approximate surface area is 72.3 Å². The van der Waals surface area contributed by atoms with Gasteiger partial charge in [0.15, 0.2) is 0 Å². The van der Waals surface area contributed by atoms with Gasteiger partial charge in [0.05, 0.1) is 0 Å². The maximum Gasteiger partial charge on any atom is 0.328 e. The van der Waals surface area contributed by atoms with Gasteiger partial charge in [-0.1, -0.05) is 0 Å². The maximum atomic E-state index is 12.7. The van der Waals surface area contributed by atoms with Gasteiger partial charge in [-0.05, 0) is 18.2 Å². The molecule has 68 valence electrons. The summed E-state index contributed by atoms with van der Waals surface area (Å²) in [4.78, 5) is 12.9. The predicted molar refractivity (Wildman–Crippen MR) is 40.8 cm³/mol. The molecule has 0 atom stereocenters. The molecule has 0 spiro atoms. The van der Waals surface area contributed by atoms with Crippen molar-refractivity contribution in [3.05, 3.63) is 35.7 Å². The van der Waals surface area contributed by atoms with Crippen molar-refractivity contribution in [3.8, 4) is 0 Å². The van der Waals surface area contributed by atoms with E-state index < -0.39 is 17.9 Å². The first-order valence-corrected chi connectivity index (χ1v) is 3.32. The molecule has 0 aromatic carbocycles. The minimum Gasteiger partial charge on any atom is -0.478 e. The van der Waals surface area contributed by atoms with Crippen LogP contribution in [-0.4, -0.2) is 16.1 Å². The first-order chi connectivity index (χ1) is 6.09. The Hall–Kier alpha value is -1.78. The second-order valence-electron chi connectivity index (χ2n) is 2.19. The third-order valence-corrected chi connectivity index (χ3v) is 1.25. The molecule has 0 saturated carbocycles. The molecular weight excluding hydrogens is 180 g/mol. The molecule has 1 heterocycles. The van der Waals surface area contributed by atoms with Crippen LogP contribution in [0.4, 0.5) is 8.78 Å². The van der Waals surface area contributed by atoms with E-state index in [2.05, 4.69) is 4.98 Å². The van der Waals surface area contributed by atoms with Crippen LogP contribution < -0.4 is 0 Å². The van der Waals surface area contributed by atoms with Gasteiger partial charge in [-0.3, -0.25) is 0 Å². The Morgan fingerprint density at radius 1 is 1.46 bits per heavy atom. The Morgan fingerprint density at radius 3 is 2.69 bits per heavy atom. The molecule has 0 radical (unpaired) electrons. The van der Waals surface area contributed by atoms with Crippen molar-refractivity contribution >= 4 is 12.0 Å². The number of aliphatic carboxylic acids is 1. The summed E-state index contributed by atoms with van der Waals surface area (Å²) in [5, 5.41) is 8.22. The van der Waals surface area contributed by atoms with Crippen LogP contribution in [0.2, 0.25) is 0 Å². The van der Waals surface area contributed by atoms with Gasteiger partial charge in [0, 0.05) is 11.6 Å². The lowest BCUT2D eigenvalue weighted by Crippen LogP contribution is -1.92. The van der Waals surface area contributed by atoms with E-state index >= 15 is 0 Å². The zero-order valence-corrected chi connectivity index (χ0v) is 6.37. The number of rotatable bonds is 2. The zero-order valence-electron chi connectivity index (χ0n) is 6.37. The SMILES string of the molecule is O=C(O)C=Cc1ccc(F)nc1F. The molecule has 0 aliphatic carbocycles. The number of halogens is 2. The van der Waals surface area contributed by atoms with Gasteiger partial charge < -0.3 is 5.11 Å². The number of hydrogen-bond acceptors (Lipinski definition) is 2. The minimum absolute atomic E-state index is 0.0659. The smallest absolute Gasteiger partial charge is 0.328 e. The molecule has 1 aromatic heterocycles. The summed E-state index contributed by atoms with van der Waals surface area (Å²) in [5.74, 6) is -3.17. The molecule has 0 bridgehead atoms. The monoisotopic (exact) mass is 185 g/mol. The van der Waals surface area contributed by atoms with E-state index in [9.17, 15) is 13.6 Å². The highest BCUT2D eigenvalue weighted by molar-refractivity contribution is 5.85. The fourth-order valence-electron chi connectivity index (χ4n) is 0.708. The minimum atomic E-state index is -1.20. The number of hydrogen-bond donors (Lipinski definition) is 1. The molecule has 5 heteroatoms. The average Bonchev–Trinajstić information content (AvgIpc) is 2.02. The van der Waals surface area contributed by atoms with Gasteiger partial charge in [-0.2, -0.15) is 13.8 Å². The van der Waals surface area contributed by atoms with E-state index in [1.165, 1.54) is 0 Å². The van der Waals surface area contributed by atoms with Gasteiger partial charge in [0.1, 0.15) is 0 Å². The summed E-state index contributed by atoms with van der Waals surface area (Å²) in [6, 6.07) is 2.06. The highest BCUT2D eigenvalue weighted by atomic mass is 19.1. The molecule has 0 aliphatic rings. The predicted octanol–water partition coefficient (Wildman–Crippen LogP) is 1.46. The molecule has 0 amide bonds. The van der Waals surface area contributed by atoms with Gasteiger partial charge in [0.2, 0.25) is 11.9 Å². The Bertz CT molecular complexity index is 363. The summed E-state index contributed by atoms with van der Waals surface area (Å²) >= 11 is 0. The quantitative estimate of drug-likeness (QED) is 0.560. The zero-order chi connectivity index (χ0) is 9.84. The van der Waals surface area contributed by atoms with Crippen molar-refractivity contribution in [1.82, 2.24) is 4.98 Å². The molecular formula is C8H5F2NO2. The Kier molecular flexibility index (Phi) is 2.69. The summed E-state index contributed by atoms with van der Waals surface area (Å²) in [6.45, 7) is 0. The van der Waals surface area contributed by atoms with Crippen molar-refractivity contribution in [3.63, 3.8) is 0 Å². The Morgan fingerprint density at radius 2 is 2.15 bits per heavy atom. The second-order valence-corrected chi connectivity index (χ2v) is 2.19. The lowest BCUT2D eigenvalue weighted by molar-refractivity contribution is -0.131. The second kappa shape index (κ2) is 3.75. The lowest BCUT2D eigenvalue weighted by Gasteiger charge is -1.93. The molecule has 0 fully saturated rings. The van der Waals surface area contributed by atoms with Crippen LogP contribution >= 0.6 is 0 Å². The molecule has 13 heavy (non-hydrogen) atoms. The van der Waals surface area contributed by atoms with Gasteiger partial charge in [0.25, 0.3) is 0 Å². The summed E-state index contributed by atoms with van der Waals surface area (Å²) in [7, 11) is 0. The van der Waals surface area contributed by atoms with E-state index in [0.29, 0.717) is 0 Å². The molecule has 0 aliphatic heterocycles. The lowest BCUT2D eigenvalue weighted by atomic mass is 10.2. The molecule has 0 saturated heterocycles. The van der Waals surface area contributed by atoms with Gasteiger partial charge in [-0.25, -0.2) is 4.79 Å². The van der Waals surface area contributed by atoms with Crippen LogP contribution in [0.15, 0.2) is 18.2 Å². The highest BCUT2D eigenvalue weighted by Crippen LogP contribution is 2.07. The largest absolute Gasteiger partial charge is 0.478 e. The van der Waals surface area contributed by atoms with Crippen molar-refractivity contribution in [2.75, 3.05) is 0 Å². The number of carboxylic acids is 1. The van der Waals surface area contributed by atoms with Crippen LogP contribution in [-0.2, 0) is 4.79 Å². The van der Waals surface area contributed by atoms with Crippen molar-refractivity contribution in [2.45, 2.75) is 0 Å². The first-order valence-electron chi connectivity index (χ1n) is 3.32. The molecule has 1 aromatic rings. The number of pyridine rings is 1. The fraction of sp³-hybridized carbons (Fsp3) is 0. The normalized spacial score (nSPS) is 10.6. The van der Waals surface area contributed by atoms with Crippen LogP contribution in [0.25, 0.3) is 6.08 Å². The maximum absolute atomic E-state index is 12.7.